The van der Waals surface area contributed by atoms with Crippen molar-refractivity contribution in [2.45, 2.75) is 11.6 Å². The highest BCUT2D eigenvalue weighted by Gasteiger charge is 2.01. The maximum Gasteiger partial charge on any atom is 0.191 e. The number of hydrogen-bond acceptors (Lipinski definition) is 6. The molecule has 4 nitrogen and oxygen atoms in total. The van der Waals surface area contributed by atoms with E-state index in [2.05, 4.69) is 32.1 Å². The van der Waals surface area contributed by atoms with Gasteiger partial charge in [-0.3, -0.25) is 0 Å². The summed E-state index contributed by atoms with van der Waals surface area (Å²) in [6, 6.07) is 3.89. The molecule has 0 saturated heterocycles. The average molecular weight is 266 g/mol. The summed E-state index contributed by atoms with van der Waals surface area (Å²) in [7, 11) is 0. The topological polar surface area (TPSA) is 63.8 Å². The first-order valence-corrected chi connectivity index (χ1v) is 7.38. The lowest BCUT2D eigenvalue weighted by molar-refractivity contribution is 0.948. The minimum absolute atomic E-state index is 0.502. The molecule has 2 rings (SSSR count). The van der Waals surface area contributed by atoms with Crippen LogP contribution in [0.15, 0.2) is 28.0 Å². The smallest absolute Gasteiger partial charge is 0.191 e. The van der Waals surface area contributed by atoms with Gasteiger partial charge in [0.2, 0.25) is 0 Å². The molecule has 6 heteroatoms. The molecular weight excluding hydrogens is 252 g/mol. The summed E-state index contributed by atoms with van der Waals surface area (Å²) < 4.78 is 0. The van der Waals surface area contributed by atoms with Gasteiger partial charge in [-0.05, 0) is 35.1 Å². The first-order chi connectivity index (χ1) is 8.28. The Hall–Kier alpha value is -1.27. The number of nitrogens with zero attached hydrogens (tertiary/aromatic N) is 2. The second-order valence-electron chi connectivity index (χ2n) is 3.47. The Morgan fingerprint density at radius 3 is 3.06 bits per heavy atom. The van der Waals surface area contributed by atoms with Crippen molar-refractivity contribution in [3.63, 3.8) is 0 Å². The maximum absolute atomic E-state index is 5.70. The monoisotopic (exact) mass is 266 g/mol. The third kappa shape index (κ3) is 3.61. The molecular formula is C11H14N4S2. The van der Waals surface area contributed by atoms with Crippen molar-refractivity contribution in [3.05, 3.63) is 28.5 Å². The molecule has 17 heavy (non-hydrogen) atoms. The predicted octanol–water partition coefficient (Wildman–Crippen LogP) is 2.50. The van der Waals surface area contributed by atoms with Gasteiger partial charge in [-0.15, -0.1) is 0 Å². The number of thiophene rings is 1. The predicted molar refractivity (Wildman–Crippen MR) is 74.7 cm³/mol. The van der Waals surface area contributed by atoms with E-state index in [0.717, 1.165) is 18.8 Å². The van der Waals surface area contributed by atoms with Crippen LogP contribution in [0.3, 0.4) is 0 Å². The zero-order valence-corrected chi connectivity index (χ0v) is 11.1. The molecule has 0 bridgehead atoms. The van der Waals surface area contributed by atoms with Gasteiger partial charge in [0.15, 0.2) is 5.16 Å². The molecule has 0 aliphatic heterocycles. The lowest BCUT2D eigenvalue weighted by Crippen LogP contribution is -2.07. The molecule has 0 spiro atoms. The zero-order chi connectivity index (χ0) is 12.1. The molecule has 0 saturated carbocycles. The molecule has 2 heterocycles. The van der Waals surface area contributed by atoms with E-state index in [9.17, 15) is 0 Å². The van der Waals surface area contributed by atoms with E-state index in [4.69, 9.17) is 5.73 Å². The molecule has 0 atom stereocenters. The highest BCUT2D eigenvalue weighted by molar-refractivity contribution is 7.98. The Bertz CT molecular complexity index is 470. The summed E-state index contributed by atoms with van der Waals surface area (Å²) in [5, 5.41) is 8.20. The van der Waals surface area contributed by atoms with Crippen LogP contribution in [0.2, 0.25) is 0 Å². The third-order valence-corrected chi connectivity index (χ3v) is 3.49. The minimum atomic E-state index is 0.502. The van der Waals surface area contributed by atoms with Crippen molar-refractivity contribution in [2.75, 3.05) is 23.9 Å². The fraction of sp³-hybridized carbons (Fsp3) is 0.273. The first kappa shape index (κ1) is 12.2. The van der Waals surface area contributed by atoms with Gasteiger partial charge < -0.3 is 11.1 Å². The molecule has 0 aromatic carbocycles. The lowest BCUT2D eigenvalue weighted by atomic mass is 10.2. The van der Waals surface area contributed by atoms with Crippen LogP contribution in [-0.4, -0.2) is 22.8 Å². The van der Waals surface area contributed by atoms with Crippen molar-refractivity contribution in [1.82, 2.24) is 9.97 Å². The SMILES string of the molecule is CSc1nc(N)cc(NCCc2ccsc2)n1. The molecule has 2 aromatic rings. The Morgan fingerprint density at radius 1 is 1.47 bits per heavy atom. The van der Waals surface area contributed by atoms with E-state index in [0.29, 0.717) is 11.0 Å². The molecule has 0 radical (unpaired) electrons. The molecule has 90 valence electrons. The van der Waals surface area contributed by atoms with E-state index in [1.807, 2.05) is 6.26 Å². The zero-order valence-electron chi connectivity index (χ0n) is 9.51. The van der Waals surface area contributed by atoms with Crippen LogP contribution in [0.4, 0.5) is 11.6 Å². The Labute approximate surface area is 109 Å². The number of nitrogen functional groups attached to an aromatic ring is 1. The second-order valence-corrected chi connectivity index (χ2v) is 5.03. The Kier molecular flexibility index (Phi) is 4.22. The van der Waals surface area contributed by atoms with Gasteiger partial charge in [-0.1, -0.05) is 11.8 Å². The fourth-order valence-corrected chi connectivity index (χ4v) is 2.48. The summed E-state index contributed by atoms with van der Waals surface area (Å²) >= 11 is 3.21. The van der Waals surface area contributed by atoms with Gasteiger partial charge in [0.1, 0.15) is 11.6 Å². The van der Waals surface area contributed by atoms with Gasteiger partial charge in [0.25, 0.3) is 0 Å². The average Bonchev–Trinajstić information content (AvgIpc) is 2.81. The summed E-state index contributed by atoms with van der Waals surface area (Å²) in [5.41, 5.74) is 7.04. The summed E-state index contributed by atoms with van der Waals surface area (Å²) in [4.78, 5) is 8.44. The summed E-state index contributed by atoms with van der Waals surface area (Å²) in [6.07, 6.45) is 2.92. The molecule has 0 aliphatic rings. The quantitative estimate of drug-likeness (QED) is 0.643. The minimum Gasteiger partial charge on any atom is -0.383 e. The normalized spacial score (nSPS) is 10.4. The van der Waals surface area contributed by atoms with Crippen molar-refractivity contribution in [2.24, 2.45) is 0 Å². The molecule has 0 aliphatic carbocycles. The van der Waals surface area contributed by atoms with Gasteiger partial charge in [-0.25, -0.2) is 9.97 Å². The second kappa shape index (κ2) is 5.88. The van der Waals surface area contributed by atoms with Crippen LogP contribution in [0.5, 0.6) is 0 Å². The number of thioether (sulfide) groups is 1. The summed E-state index contributed by atoms with van der Waals surface area (Å²) in [6.45, 7) is 0.848. The van der Waals surface area contributed by atoms with Crippen LogP contribution in [0.25, 0.3) is 0 Å². The Morgan fingerprint density at radius 2 is 2.35 bits per heavy atom. The summed E-state index contributed by atoms with van der Waals surface area (Å²) in [5.74, 6) is 1.29. The molecule has 0 fully saturated rings. The fourth-order valence-electron chi connectivity index (χ4n) is 1.39. The number of nitrogens with two attached hydrogens (primary N) is 1. The van der Waals surface area contributed by atoms with Gasteiger partial charge in [-0.2, -0.15) is 11.3 Å². The number of anilines is 2. The van der Waals surface area contributed by atoms with E-state index in [1.54, 1.807) is 17.4 Å². The van der Waals surface area contributed by atoms with Crippen molar-refractivity contribution >= 4 is 34.7 Å². The van der Waals surface area contributed by atoms with Crippen molar-refractivity contribution < 1.29 is 0 Å². The number of hydrogen-bond donors (Lipinski definition) is 2. The van der Waals surface area contributed by atoms with Gasteiger partial charge >= 0.3 is 0 Å². The first-order valence-electron chi connectivity index (χ1n) is 5.21. The number of aromatic nitrogens is 2. The molecule has 0 amide bonds. The van der Waals surface area contributed by atoms with E-state index < -0.39 is 0 Å². The maximum atomic E-state index is 5.70. The Balaban J connectivity index is 1.92. The van der Waals surface area contributed by atoms with Crippen LogP contribution in [0.1, 0.15) is 5.56 Å². The van der Waals surface area contributed by atoms with Crippen LogP contribution in [-0.2, 0) is 6.42 Å². The van der Waals surface area contributed by atoms with Crippen molar-refractivity contribution in [3.8, 4) is 0 Å². The molecule has 2 aromatic heterocycles. The number of nitrogens with one attached hydrogen (secondary N) is 1. The van der Waals surface area contributed by atoms with Gasteiger partial charge in [0, 0.05) is 12.6 Å². The standard InChI is InChI=1S/C11H14N4S2/c1-16-11-14-9(12)6-10(15-11)13-4-2-8-3-5-17-7-8/h3,5-7H,2,4H2,1H3,(H3,12,13,14,15). The van der Waals surface area contributed by atoms with Crippen LogP contribution in [0, 0.1) is 0 Å². The van der Waals surface area contributed by atoms with Gasteiger partial charge in [0.05, 0.1) is 0 Å². The van der Waals surface area contributed by atoms with E-state index in [1.165, 1.54) is 17.3 Å². The highest BCUT2D eigenvalue weighted by atomic mass is 32.2. The van der Waals surface area contributed by atoms with E-state index >= 15 is 0 Å². The van der Waals surface area contributed by atoms with Crippen LogP contribution < -0.4 is 11.1 Å². The van der Waals surface area contributed by atoms with Crippen molar-refractivity contribution in [1.29, 1.82) is 0 Å². The lowest BCUT2D eigenvalue weighted by Gasteiger charge is -2.06. The van der Waals surface area contributed by atoms with E-state index in [-0.39, 0.29) is 0 Å². The third-order valence-electron chi connectivity index (χ3n) is 2.21. The molecule has 0 unspecified atom stereocenters. The highest BCUT2D eigenvalue weighted by Crippen LogP contribution is 2.15. The largest absolute Gasteiger partial charge is 0.383 e. The number of rotatable bonds is 5. The van der Waals surface area contributed by atoms with Crippen LogP contribution >= 0.6 is 23.1 Å². The molecule has 3 N–H and O–H groups in total.